The first kappa shape index (κ1) is 9.20. The first-order chi connectivity index (χ1) is 6.75. The number of rotatable bonds is 1. The van der Waals surface area contributed by atoms with Gasteiger partial charge in [-0.25, -0.2) is 0 Å². The fourth-order valence-corrected chi connectivity index (χ4v) is 1.57. The summed E-state index contributed by atoms with van der Waals surface area (Å²) in [6.07, 6.45) is 0. The molecule has 0 atom stereocenters. The molecule has 0 radical (unpaired) electrons. The first-order valence-electron chi connectivity index (χ1n) is 4.89. The van der Waals surface area contributed by atoms with Crippen LogP contribution in [-0.4, -0.2) is 6.91 Å². The van der Waals surface area contributed by atoms with E-state index in [1.807, 2.05) is 0 Å². The summed E-state index contributed by atoms with van der Waals surface area (Å²) < 4.78 is 0. The van der Waals surface area contributed by atoms with E-state index in [2.05, 4.69) is 63.1 Å². The van der Waals surface area contributed by atoms with Gasteiger partial charge in [0.25, 0.3) is 0 Å². The Labute approximate surface area is 85.8 Å². The summed E-state index contributed by atoms with van der Waals surface area (Å²) in [4.78, 5) is 0. The second-order valence-electron chi connectivity index (χ2n) is 3.74. The van der Waals surface area contributed by atoms with E-state index in [9.17, 15) is 0 Å². The van der Waals surface area contributed by atoms with Crippen molar-refractivity contribution in [2.75, 3.05) is 0 Å². The summed E-state index contributed by atoms with van der Waals surface area (Å²) in [7, 11) is 0. The van der Waals surface area contributed by atoms with Crippen molar-refractivity contribution in [3.63, 3.8) is 0 Å². The number of aryl methyl sites for hydroxylation is 2. The van der Waals surface area contributed by atoms with Crippen molar-refractivity contribution in [2.24, 2.45) is 0 Å². The SMILES string of the molecule is Cc1bcc(-c2cccc(C)c2)cc1. The molecule has 14 heavy (non-hydrogen) atoms. The van der Waals surface area contributed by atoms with Crippen LogP contribution in [0.2, 0.25) is 0 Å². The molecule has 0 aliphatic heterocycles. The van der Waals surface area contributed by atoms with Crippen LogP contribution in [0.3, 0.4) is 0 Å². The molecule has 0 saturated heterocycles. The zero-order chi connectivity index (χ0) is 9.97. The van der Waals surface area contributed by atoms with Crippen LogP contribution in [0, 0.1) is 13.8 Å². The molecule has 0 unspecified atom stereocenters. The third kappa shape index (κ3) is 1.93. The number of hydrogen-bond acceptors (Lipinski definition) is 0. The van der Waals surface area contributed by atoms with Gasteiger partial charge in [-0.15, -0.1) is 0 Å². The van der Waals surface area contributed by atoms with E-state index in [0.29, 0.717) is 0 Å². The van der Waals surface area contributed by atoms with Gasteiger partial charge in [-0.2, -0.15) is 0 Å². The van der Waals surface area contributed by atoms with Crippen molar-refractivity contribution in [2.45, 2.75) is 13.8 Å². The topological polar surface area (TPSA) is 0 Å². The monoisotopic (exact) mass is 180 g/mol. The molecular formula is C13H13B. The Balaban J connectivity index is 2.44. The molecular weight excluding hydrogens is 167 g/mol. The van der Waals surface area contributed by atoms with Crippen LogP contribution >= 0.6 is 0 Å². The van der Waals surface area contributed by atoms with Crippen molar-refractivity contribution in [1.82, 2.24) is 0 Å². The normalized spacial score (nSPS) is 9.86. The molecule has 1 heterocycles. The number of hydrogen-bond donors (Lipinski definition) is 0. The Morgan fingerprint density at radius 3 is 2.43 bits per heavy atom. The molecule has 1 aromatic carbocycles. The van der Waals surface area contributed by atoms with Gasteiger partial charge in [-0.3, -0.25) is 0 Å². The van der Waals surface area contributed by atoms with Crippen LogP contribution in [0.4, 0.5) is 0 Å². The van der Waals surface area contributed by atoms with Gasteiger partial charge < -0.3 is 0 Å². The second kappa shape index (κ2) is 3.79. The van der Waals surface area contributed by atoms with Crippen molar-refractivity contribution >= 4 is 6.91 Å². The average molecular weight is 180 g/mol. The summed E-state index contributed by atoms with van der Waals surface area (Å²) in [5.41, 5.74) is 5.20. The van der Waals surface area contributed by atoms with Gasteiger partial charge in [0.05, 0.1) is 0 Å². The molecule has 0 aliphatic carbocycles. The van der Waals surface area contributed by atoms with E-state index in [0.717, 1.165) is 0 Å². The van der Waals surface area contributed by atoms with E-state index in [1.54, 1.807) is 0 Å². The predicted molar refractivity (Wildman–Crippen MR) is 62.7 cm³/mol. The molecule has 68 valence electrons. The third-order valence-electron chi connectivity index (χ3n) is 2.40. The molecule has 0 nitrogen and oxygen atoms in total. The zero-order valence-corrected chi connectivity index (χ0v) is 8.62. The average Bonchev–Trinajstić information content (AvgIpc) is 2.19. The van der Waals surface area contributed by atoms with Gasteiger partial charge in [0.1, 0.15) is 0 Å². The molecule has 0 saturated carbocycles. The first-order valence-corrected chi connectivity index (χ1v) is 4.89. The molecule has 1 heteroatoms. The van der Waals surface area contributed by atoms with Crippen LogP contribution in [0.5, 0.6) is 0 Å². The maximum absolute atomic E-state index is 2.21. The van der Waals surface area contributed by atoms with Gasteiger partial charge in [-0.05, 0) is 0 Å². The van der Waals surface area contributed by atoms with Crippen LogP contribution in [0.15, 0.2) is 42.4 Å². The Bertz CT molecular complexity index is 429. The summed E-state index contributed by atoms with van der Waals surface area (Å²) in [5, 5.41) is 0. The molecule has 0 fully saturated rings. The van der Waals surface area contributed by atoms with Gasteiger partial charge in [0, 0.05) is 0 Å². The van der Waals surface area contributed by atoms with E-state index < -0.39 is 0 Å². The van der Waals surface area contributed by atoms with Crippen LogP contribution in [0.1, 0.15) is 11.0 Å². The summed E-state index contributed by atoms with van der Waals surface area (Å²) in [6.45, 7) is 6.38. The fraction of sp³-hybridized carbons (Fsp3) is 0.154. The Morgan fingerprint density at radius 1 is 0.929 bits per heavy atom. The Morgan fingerprint density at radius 2 is 1.79 bits per heavy atom. The standard InChI is InChI=1S/C13H13B/c1-10-4-3-5-12(8-10)13-7-6-11(2)14-9-13/h3-9H,1-2H3. The predicted octanol–water partition coefficient (Wildman–Crippen LogP) is 3.31. The molecule has 0 bridgehead atoms. The summed E-state index contributed by atoms with van der Waals surface area (Å²) >= 11 is 0. The van der Waals surface area contributed by atoms with E-state index in [1.165, 1.54) is 22.1 Å². The molecule has 0 spiro atoms. The summed E-state index contributed by atoms with van der Waals surface area (Å²) in [5.74, 6) is 2.17. The van der Waals surface area contributed by atoms with Crippen LogP contribution in [-0.2, 0) is 0 Å². The minimum absolute atomic E-state index is 1.29. The van der Waals surface area contributed by atoms with Gasteiger partial charge >= 0.3 is 85.3 Å². The molecule has 0 aliphatic rings. The van der Waals surface area contributed by atoms with Gasteiger partial charge in [-0.1, -0.05) is 0 Å². The number of benzene rings is 1. The Kier molecular flexibility index (Phi) is 2.49. The van der Waals surface area contributed by atoms with Crippen LogP contribution in [0.25, 0.3) is 11.1 Å². The van der Waals surface area contributed by atoms with Gasteiger partial charge in [0.15, 0.2) is 0 Å². The van der Waals surface area contributed by atoms with Crippen molar-refractivity contribution in [1.29, 1.82) is 0 Å². The summed E-state index contributed by atoms with van der Waals surface area (Å²) in [6, 6.07) is 12.9. The molecule has 1 aromatic heterocycles. The van der Waals surface area contributed by atoms with Crippen LogP contribution < -0.4 is 0 Å². The van der Waals surface area contributed by atoms with Crippen molar-refractivity contribution < 1.29 is 0 Å². The van der Waals surface area contributed by atoms with Crippen molar-refractivity contribution in [3.05, 3.63) is 53.4 Å². The minimum atomic E-state index is 1.29. The maximum atomic E-state index is 2.21. The molecule has 2 aromatic rings. The second-order valence-corrected chi connectivity index (χ2v) is 3.74. The molecule has 0 N–H and O–H groups in total. The quantitative estimate of drug-likeness (QED) is 0.631. The van der Waals surface area contributed by atoms with E-state index in [-0.39, 0.29) is 0 Å². The third-order valence-corrected chi connectivity index (χ3v) is 2.40. The van der Waals surface area contributed by atoms with Crippen molar-refractivity contribution in [3.8, 4) is 11.1 Å². The molecule has 0 amide bonds. The Hall–Kier alpha value is -1.37. The van der Waals surface area contributed by atoms with E-state index >= 15 is 0 Å². The zero-order valence-electron chi connectivity index (χ0n) is 8.62. The van der Waals surface area contributed by atoms with E-state index in [4.69, 9.17) is 0 Å². The molecule has 2 rings (SSSR count). The van der Waals surface area contributed by atoms with Gasteiger partial charge in [0.2, 0.25) is 0 Å². The fourth-order valence-electron chi connectivity index (χ4n) is 1.57.